The van der Waals surface area contributed by atoms with Gasteiger partial charge in [-0.2, -0.15) is 0 Å². The molecule has 1 aromatic heterocycles. The molecule has 0 aliphatic rings. The molecule has 1 amide bonds. The fourth-order valence-corrected chi connectivity index (χ4v) is 2.58. The minimum Gasteiger partial charge on any atom is -0.504 e. The Bertz CT molecular complexity index is 1100. The molecule has 1 unspecified atom stereocenters. The summed E-state index contributed by atoms with van der Waals surface area (Å²) in [7, 11) is 0. The van der Waals surface area contributed by atoms with E-state index >= 15 is 0 Å². The number of fused-ring (bicyclic) bond motifs is 1. The molecule has 1 atom stereocenters. The molecule has 3 aromatic rings. The SMILES string of the molecule is CC(NC(=O)/C=C/c1ccc(O)c2oc(-c3ccc(O)c(O)c3)cc12)C(=O)O. The zero-order chi connectivity index (χ0) is 20.4. The van der Waals surface area contributed by atoms with Crippen molar-refractivity contribution < 1.29 is 34.4 Å². The number of amides is 1. The number of hydrogen-bond donors (Lipinski definition) is 5. The van der Waals surface area contributed by atoms with Crippen LogP contribution >= 0.6 is 0 Å². The van der Waals surface area contributed by atoms with Crippen molar-refractivity contribution in [3.8, 4) is 28.6 Å². The molecular formula is C20H17NO7. The smallest absolute Gasteiger partial charge is 0.325 e. The lowest BCUT2D eigenvalue weighted by molar-refractivity contribution is -0.140. The second-order valence-electron chi connectivity index (χ2n) is 6.13. The second-order valence-corrected chi connectivity index (χ2v) is 6.13. The van der Waals surface area contributed by atoms with Gasteiger partial charge in [-0.05, 0) is 48.9 Å². The fourth-order valence-electron chi connectivity index (χ4n) is 2.58. The number of rotatable bonds is 5. The van der Waals surface area contributed by atoms with Crippen LogP contribution in [0.4, 0.5) is 0 Å². The minimum absolute atomic E-state index is 0.106. The van der Waals surface area contributed by atoms with Gasteiger partial charge in [0.15, 0.2) is 22.8 Å². The minimum atomic E-state index is -1.15. The summed E-state index contributed by atoms with van der Waals surface area (Å²) in [5.74, 6) is -2.08. The van der Waals surface area contributed by atoms with E-state index in [0.29, 0.717) is 22.3 Å². The molecule has 144 valence electrons. The third-order valence-corrected chi connectivity index (χ3v) is 4.10. The zero-order valence-electron chi connectivity index (χ0n) is 14.7. The van der Waals surface area contributed by atoms with Crippen molar-refractivity contribution in [2.75, 3.05) is 0 Å². The van der Waals surface area contributed by atoms with Crippen molar-refractivity contribution in [3.63, 3.8) is 0 Å². The molecule has 0 radical (unpaired) electrons. The van der Waals surface area contributed by atoms with Crippen molar-refractivity contribution in [3.05, 3.63) is 48.0 Å². The lowest BCUT2D eigenvalue weighted by Gasteiger charge is -2.06. The number of nitrogens with one attached hydrogen (secondary N) is 1. The number of phenols is 3. The predicted molar refractivity (Wildman–Crippen MR) is 101 cm³/mol. The van der Waals surface area contributed by atoms with Gasteiger partial charge in [-0.3, -0.25) is 9.59 Å². The van der Waals surface area contributed by atoms with Crippen LogP contribution in [0.25, 0.3) is 28.4 Å². The Balaban J connectivity index is 1.96. The highest BCUT2D eigenvalue weighted by Gasteiger charge is 2.15. The van der Waals surface area contributed by atoms with E-state index in [0.717, 1.165) is 0 Å². The number of aromatic hydroxyl groups is 3. The van der Waals surface area contributed by atoms with E-state index in [9.17, 15) is 24.9 Å². The molecule has 3 rings (SSSR count). The Hall–Kier alpha value is -3.94. The Labute approximate surface area is 159 Å². The van der Waals surface area contributed by atoms with Crippen LogP contribution in [0, 0.1) is 0 Å². The van der Waals surface area contributed by atoms with Crippen molar-refractivity contribution >= 4 is 28.9 Å². The molecule has 28 heavy (non-hydrogen) atoms. The van der Waals surface area contributed by atoms with Crippen LogP contribution in [-0.2, 0) is 9.59 Å². The normalized spacial score (nSPS) is 12.3. The zero-order valence-corrected chi connectivity index (χ0v) is 14.7. The Morgan fingerprint density at radius 1 is 1.04 bits per heavy atom. The number of benzene rings is 2. The molecule has 0 saturated heterocycles. The molecule has 0 saturated carbocycles. The molecule has 8 heteroatoms. The molecule has 2 aromatic carbocycles. The van der Waals surface area contributed by atoms with Crippen molar-refractivity contribution in [2.24, 2.45) is 0 Å². The third kappa shape index (κ3) is 3.75. The standard InChI is InChI=1S/C20H17NO7/c1-10(20(26)27)21-18(25)7-4-11-2-6-15(23)19-13(11)9-17(28-19)12-3-5-14(22)16(24)8-12/h2-10,22-24H,1H3,(H,21,25)(H,26,27)/b7-4+. The van der Waals surface area contributed by atoms with E-state index in [1.807, 2.05) is 0 Å². The molecular weight excluding hydrogens is 366 g/mol. The Morgan fingerprint density at radius 3 is 2.43 bits per heavy atom. The summed E-state index contributed by atoms with van der Waals surface area (Å²) in [5.41, 5.74) is 1.22. The van der Waals surface area contributed by atoms with Gasteiger partial charge in [-0.15, -0.1) is 0 Å². The predicted octanol–water partition coefficient (Wildman–Crippen LogP) is 2.82. The quantitative estimate of drug-likeness (QED) is 0.337. The van der Waals surface area contributed by atoms with Crippen LogP contribution in [0.15, 0.2) is 46.9 Å². The second kappa shape index (κ2) is 7.36. The van der Waals surface area contributed by atoms with E-state index < -0.39 is 17.9 Å². The van der Waals surface area contributed by atoms with E-state index in [2.05, 4.69) is 5.32 Å². The molecule has 0 spiro atoms. The summed E-state index contributed by atoms with van der Waals surface area (Å²) >= 11 is 0. The summed E-state index contributed by atoms with van der Waals surface area (Å²) in [5, 5.41) is 40.8. The topological polar surface area (TPSA) is 140 Å². The van der Waals surface area contributed by atoms with Crippen LogP contribution in [-0.4, -0.2) is 38.3 Å². The van der Waals surface area contributed by atoms with Gasteiger partial charge in [0.1, 0.15) is 11.8 Å². The van der Waals surface area contributed by atoms with E-state index in [1.54, 1.807) is 18.2 Å². The lowest BCUT2D eigenvalue weighted by Crippen LogP contribution is -2.37. The number of phenolic OH excluding ortho intramolecular Hbond substituents is 3. The summed E-state index contributed by atoms with van der Waals surface area (Å²) in [6.07, 6.45) is 2.66. The summed E-state index contributed by atoms with van der Waals surface area (Å²) in [6.45, 7) is 1.35. The molecule has 0 aliphatic heterocycles. The monoisotopic (exact) mass is 383 g/mol. The van der Waals surface area contributed by atoms with Crippen LogP contribution < -0.4 is 5.32 Å². The van der Waals surface area contributed by atoms with E-state index in [4.69, 9.17) is 9.52 Å². The number of aliphatic carboxylic acids is 1. The first-order chi connectivity index (χ1) is 13.3. The summed E-state index contributed by atoms with van der Waals surface area (Å²) in [6, 6.07) is 7.75. The first-order valence-corrected chi connectivity index (χ1v) is 8.25. The number of carboxylic acid groups (broad SMARTS) is 1. The fraction of sp³-hybridized carbons (Fsp3) is 0.100. The number of carboxylic acids is 1. The van der Waals surface area contributed by atoms with Gasteiger partial charge >= 0.3 is 5.97 Å². The van der Waals surface area contributed by atoms with Crippen LogP contribution in [0.2, 0.25) is 0 Å². The van der Waals surface area contributed by atoms with Crippen molar-refractivity contribution in [2.45, 2.75) is 13.0 Å². The van der Waals surface area contributed by atoms with Gasteiger partial charge < -0.3 is 30.2 Å². The molecule has 1 heterocycles. The molecule has 0 bridgehead atoms. The highest BCUT2D eigenvalue weighted by molar-refractivity contribution is 5.99. The Morgan fingerprint density at radius 2 is 1.75 bits per heavy atom. The average molecular weight is 383 g/mol. The highest BCUT2D eigenvalue weighted by atomic mass is 16.4. The van der Waals surface area contributed by atoms with Gasteiger partial charge in [0.2, 0.25) is 5.91 Å². The van der Waals surface area contributed by atoms with E-state index in [-0.39, 0.29) is 22.8 Å². The van der Waals surface area contributed by atoms with Crippen molar-refractivity contribution in [1.29, 1.82) is 0 Å². The van der Waals surface area contributed by atoms with Crippen LogP contribution in [0.3, 0.4) is 0 Å². The highest BCUT2D eigenvalue weighted by Crippen LogP contribution is 2.37. The maximum absolute atomic E-state index is 11.8. The Kier molecular flexibility index (Phi) is 4.95. The van der Waals surface area contributed by atoms with Crippen LogP contribution in [0.1, 0.15) is 12.5 Å². The lowest BCUT2D eigenvalue weighted by atomic mass is 10.1. The maximum atomic E-state index is 11.8. The average Bonchev–Trinajstić information content (AvgIpc) is 3.09. The largest absolute Gasteiger partial charge is 0.504 e. The van der Waals surface area contributed by atoms with Gasteiger partial charge in [0, 0.05) is 17.0 Å². The third-order valence-electron chi connectivity index (χ3n) is 4.10. The first-order valence-electron chi connectivity index (χ1n) is 8.25. The summed E-state index contributed by atoms with van der Waals surface area (Å²) in [4.78, 5) is 22.6. The maximum Gasteiger partial charge on any atom is 0.325 e. The molecule has 0 fully saturated rings. The number of carbonyl (C=O) groups excluding carboxylic acids is 1. The molecule has 0 aliphatic carbocycles. The molecule has 8 nitrogen and oxygen atoms in total. The van der Waals surface area contributed by atoms with Gasteiger partial charge in [0.25, 0.3) is 0 Å². The number of carbonyl (C=O) groups is 2. The molecule has 5 N–H and O–H groups in total. The van der Waals surface area contributed by atoms with E-state index in [1.165, 1.54) is 37.3 Å². The number of hydrogen-bond acceptors (Lipinski definition) is 6. The first kappa shape index (κ1) is 18.8. The number of furan rings is 1. The van der Waals surface area contributed by atoms with Gasteiger partial charge in [0.05, 0.1) is 0 Å². The van der Waals surface area contributed by atoms with Crippen LogP contribution in [0.5, 0.6) is 17.2 Å². The summed E-state index contributed by atoms with van der Waals surface area (Å²) < 4.78 is 5.67. The van der Waals surface area contributed by atoms with Gasteiger partial charge in [-0.1, -0.05) is 6.07 Å². The van der Waals surface area contributed by atoms with Crippen molar-refractivity contribution in [1.82, 2.24) is 5.32 Å². The van der Waals surface area contributed by atoms with Gasteiger partial charge in [-0.25, -0.2) is 0 Å².